The number of benzene rings is 1. The Labute approximate surface area is 108 Å². The van der Waals surface area contributed by atoms with E-state index in [1.807, 2.05) is 6.07 Å². The predicted molar refractivity (Wildman–Crippen MR) is 71.9 cm³/mol. The van der Waals surface area contributed by atoms with E-state index in [4.69, 9.17) is 0 Å². The molecule has 1 heterocycles. The first kappa shape index (κ1) is 13.1. The van der Waals surface area contributed by atoms with E-state index in [-0.39, 0.29) is 5.41 Å². The first-order valence-electron chi connectivity index (χ1n) is 6.43. The molecule has 0 saturated heterocycles. The van der Waals surface area contributed by atoms with Crippen LogP contribution < -0.4 is 5.32 Å². The Morgan fingerprint density at radius 3 is 2.67 bits per heavy atom. The summed E-state index contributed by atoms with van der Waals surface area (Å²) >= 11 is 0. The van der Waals surface area contributed by atoms with Crippen LogP contribution in [0.3, 0.4) is 0 Å². The Bertz CT molecular complexity index is 477. The SMILES string of the molecule is CC(C)c1ccc2c(c1)C(C(=O)O)NCC2(C)C. The zero-order valence-electron chi connectivity index (χ0n) is 11.4. The number of hydrogen-bond donors (Lipinski definition) is 2. The second-order valence-electron chi connectivity index (χ2n) is 6.04. The van der Waals surface area contributed by atoms with Gasteiger partial charge in [-0.2, -0.15) is 0 Å². The molecule has 1 aliphatic rings. The Balaban J connectivity index is 2.57. The van der Waals surface area contributed by atoms with E-state index in [1.165, 1.54) is 5.56 Å². The van der Waals surface area contributed by atoms with E-state index in [0.717, 1.165) is 11.1 Å². The van der Waals surface area contributed by atoms with Crippen LogP contribution in [0.4, 0.5) is 0 Å². The largest absolute Gasteiger partial charge is 0.480 e. The Morgan fingerprint density at radius 1 is 1.44 bits per heavy atom. The van der Waals surface area contributed by atoms with Crippen LogP contribution in [0.5, 0.6) is 0 Å². The van der Waals surface area contributed by atoms with Gasteiger partial charge in [0.1, 0.15) is 6.04 Å². The molecule has 0 spiro atoms. The molecule has 2 N–H and O–H groups in total. The highest BCUT2D eigenvalue weighted by Gasteiger charge is 2.35. The minimum absolute atomic E-state index is 0.0171. The summed E-state index contributed by atoms with van der Waals surface area (Å²) < 4.78 is 0. The number of carboxylic acid groups (broad SMARTS) is 1. The second kappa shape index (κ2) is 4.39. The number of carbonyl (C=O) groups is 1. The van der Waals surface area contributed by atoms with Crippen LogP contribution in [0.15, 0.2) is 18.2 Å². The van der Waals surface area contributed by atoms with Crippen molar-refractivity contribution in [2.45, 2.75) is 45.1 Å². The van der Waals surface area contributed by atoms with Gasteiger partial charge in [0.05, 0.1) is 0 Å². The van der Waals surface area contributed by atoms with Gasteiger partial charge in [0, 0.05) is 12.0 Å². The molecule has 1 unspecified atom stereocenters. The summed E-state index contributed by atoms with van der Waals surface area (Å²) in [6, 6.07) is 5.69. The maximum absolute atomic E-state index is 11.3. The maximum Gasteiger partial charge on any atom is 0.325 e. The number of fused-ring (bicyclic) bond motifs is 1. The van der Waals surface area contributed by atoms with Crippen LogP contribution in [0, 0.1) is 0 Å². The zero-order chi connectivity index (χ0) is 13.5. The van der Waals surface area contributed by atoms with Crippen molar-refractivity contribution >= 4 is 5.97 Å². The van der Waals surface area contributed by atoms with Gasteiger partial charge in [-0.05, 0) is 22.6 Å². The zero-order valence-corrected chi connectivity index (χ0v) is 11.4. The minimum Gasteiger partial charge on any atom is -0.480 e. The summed E-state index contributed by atoms with van der Waals surface area (Å²) in [6.45, 7) is 9.23. The highest BCUT2D eigenvalue weighted by Crippen LogP contribution is 2.36. The van der Waals surface area contributed by atoms with Gasteiger partial charge in [-0.15, -0.1) is 0 Å². The molecule has 0 bridgehead atoms. The molecule has 0 aromatic heterocycles. The van der Waals surface area contributed by atoms with E-state index in [0.29, 0.717) is 12.5 Å². The Hall–Kier alpha value is -1.35. The third-order valence-corrected chi connectivity index (χ3v) is 3.78. The van der Waals surface area contributed by atoms with Crippen LogP contribution in [-0.4, -0.2) is 17.6 Å². The lowest BCUT2D eigenvalue weighted by Crippen LogP contribution is -2.44. The molecular formula is C15H21NO2. The van der Waals surface area contributed by atoms with Crippen LogP contribution >= 0.6 is 0 Å². The van der Waals surface area contributed by atoms with Crippen molar-refractivity contribution in [3.63, 3.8) is 0 Å². The molecule has 1 aliphatic heterocycles. The number of nitrogens with one attached hydrogen (secondary N) is 1. The summed E-state index contributed by atoms with van der Waals surface area (Å²) in [6.07, 6.45) is 0. The summed E-state index contributed by atoms with van der Waals surface area (Å²) in [4.78, 5) is 11.3. The molecule has 98 valence electrons. The average molecular weight is 247 g/mol. The van der Waals surface area contributed by atoms with Crippen LogP contribution in [0.25, 0.3) is 0 Å². The third-order valence-electron chi connectivity index (χ3n) is 3.78. The number of carboxylic acids is 1. The van der Waals surface area contributed by atoms with E-state index in [9.17, 15) is 9.90 Å². The monoisotopic (exact) mass is 247 g/mol. The van der Waals surface area contributed by atoms with Crippen molar-refractivity contribution in [3.8, 4) is 0 Å². The quantitative estimate of drug-likeness (QED) is 0.845. The van der Waals surface area contributed by atoms with Gasteiger partial charge in [-0.25, -0.2) is 0 Å². The fourth-order valence-corrected chi connectivity index (χ4v) is 2.58. The van der Waals surface area contributed by atoms with Gasteiger partial charge in [0.2, 0.25) is 0 Å². The molecule has 18 heavy (non-hydrogen) atoms. The molecule has 3 heteroatoms. The van der Waals surface area contributed by atoms with Crippen LogP contribution in [0.2, 0.25) is 0 Å². The van der Waals surface area contributed by atoms with E-state index in [1.54, 1.807) is 0 Å². The lowest BCUT2D eigenvalue weighted by Gasteiger charge is -2.37. The Morgan fingerprint density at radius 2 is 2.11 bits per heavy atom. The van der Waals surface area contributed by atoms with E-state index >= 15 is 0 Å². The topological polar surface area (TPSA) is 49.3 Å². The average Bonchev–Trinajstić information content (AvgIpc) is 2.27. The van der Waals surface area contributed by atoms with Gasteiger partial charge in [-0.3, -0.25) is 10.1 Å². The maximum atomic E-state index is 11.3. The third kappa shape index (κ3) is 2.15. The first-order chi connectivity index (χ1) is 8.33. The Kier molecular flexibility index (Phi) is 3.20. The molecular weight excluding hydrogens is 226 g/mol. The number of hydrogen-bond acceptors (Lipinski definition) is 2. The lowest BCUT2D eigenvalue weighted by atomic mass is 9.75. The summed E-state index contributed by atoms with van der Waals surface area (Å²) in [5.74, 6) is -0.387. The number of rotatable bonds is 2. The summed E-state index contributed by atoms with van der Waals surface area (Å²) in [7, 11) is 0. The lowest BCUT2D eigenvalue weighted by molar-refractivity contribution is -0.140. The van der Waals surface area contributed by atoms with Gasteiger partial charge in [-0.1, -0.05) is 45.9 Å². The highest BCUT2D eigenvalue weighted by atomic mass is 16.4. The van der Waals surface area contributed by atoms with Crippen LogP contribution in [0.1, 0.15) is 56.3 Å². The standard InChI is InChI=1S/C15H21NO2/c1-9(2)10-5-6-12-11(7-10)13(14(17)18)16-8-15(12,3)4/h5-7,9,13,16H,8H2,1-4H3,(H,17,18). The van der Waals surface area contributed by atoms with Gasteiger partial charge < -0.3 is 5.11 Å². The fourth-order valence-electron chi connectivity index (χ4n) is 2.58. The normalized spacial score (nSPS) is 21.7. The second-order valence-corrected chi connectivity index (χ2v) is 6.04. The molecule has 0 saturated carbocycles. The molecule has 0 radical (unpaired) electrons. The smallest absolute Gasteiger partial charge is 0.325 e. The molecule has 1 atom stereocenters. The van der Waals surface area contributed by atoms with Crippen LogP contribution in [-0.2, 0) is 10.2 Å². The highest BCUT2D eigenvalue weighted by molar-refractivity contribution is 5.77. The summed E-state index contributed by atoms with van der Waals surface area (Å²) in [5.41, 5.74) is 3.25. The van der Waals surface area contributed by atoms with Crippen molar-refractivity contribution in [2.24, 2.45) is 0 Å². The van der Waals surface area contributed by atoms with Crippen molar-refractivity contribution in [1.29, 1.82) is 0 Å². The molecule has 3 nitrogen and oxygen atoms in total. The van der Waals surface area contributed by atoms with Gasteiger partial charge in [0.25, 0.3) is 0 Å². The molecule has 0 aliphatic carbocycles. The molecule has 1 aromatic carbocycles. The first-order valence-corrected chi connectivity index (χ1v) is 6.43. The summed E-state index contributed by atoms with van der Waals surface area (Å²) in [5, 5.41) is 12.5. The molecule has 0 amide bonds. The van der Waals surface area contributed by atoms with E-state index < -0.39 is 12.0 Å². The van der Waals surface area contributed by atoms with E-state index in [2.05, 4.69) is 45.1 Å². The molecule has 1 aromatic rings. The van der Waals surface area contributed by atoms with Crippen molar-refractivity contribution in [3.05, 3.63) is 34.9 Å². The van der Waals surface area contributed by atoms with Crippen molar-refractivity contribution < 1.29 is 9.90 Å². The van der Waals surface area contributed by atoms with Crippen molar-refractivity contribution in [2.75, 3.05) is 6.54 Å². The molecule has 2 rings (SSSR count). The van der Waals surface area contributed by atoms with Crippen molar-refractivity contribution in [1.82, 2.24) is 5.32 Å². The fraction of sp³-hybridized carbons (Fsp3) is 0.533. The minimum atomic E-state index is -0.798. The van der Waals surface area contributed by atoms with Gasteiger partial charge in [0.15, 0.2) is 0 Å². The predicted octanol–water partition coefficient (Wildman–Crippen LogP) is 2.82. The van der Waals surface area contributed by atoms with Gasteiger partial charge >= 0.3 is 5.97 Å². The molecule has 0 fully saturated rings. The number of aliphatic carboxylic acids is 1.